The largest absolute Gasteiger partial charge is 0.472 e. The second-order valence-corrected chi connectivity index (χ2v) is 14.8. The number of aliphatic hydroxyl groups is 2. The van der Waals surface area contributed by atoms with Crippen LogP contribution in [0, 0.1) is 0 Å². The molecule has 4 aromatic heterocycles. The summed E-state index contributed by atoms with van der Waals surface area (Å²) in [5, 5.41) is 22.5. The van der Waals surface area contributed by atoms with Gasteiger partial charge >= 0.3 is 15.6 Å². The molecule has 3 aliphatic rings. The van der Waals surface area contributed by atoms with Crippen molar-refractivity contribution in [3.63, 3.8) is 0 Å². The molecule has 0 saturated carbocycles. The molecule has 7 rings (SSSR count). The number of aromatic nitrogens is 8. The number of nitrogens with zero attached hydrogens (tertiary/aromatic N) is 6. The Kier molecular flexibility index (Phi) is 8.44. The number of aliphatic hydroxyl groups excluding tert-OH is 2. The third-order valence-corrected chi connectivity index (χ3v) is 10.6. The molecule has 3 saturated heterocycles. The summed E-state index contributed by atoms with van der Waals surface area (Å²) in [4.78, 5) is 66.7. The first kappa shape index (κ1) is 33.8. The number of hydrogen-bond acceptors (Lipinski definition) is 18. The Morgan fingerprint density at radius 2 is 1.10 bits per heavy atom. The Morgan fingerprint density at radius 1 is 0.729 bits per heavy atom. The predicted molar refractivity (Wildman–Crippen MR) is 162 cm³/mol. The smallest absolute Gasteiger partial charge is 0.386 e. The van der Waals surface area contributed by atoms with Gasteiger partial charge in [-0.2, -0.15) is 9.97 Å². The van der Waals surface area contributed by atoms with Crippen LogP contribution >= 0.6 is 47.5 Å². The average Bonchev–Trinajstić information content (AvgIpc) is 3.67. The number of ether oxygens (including phenoxy) is 2. The Hall–Kier alpha value is -2.68. The van der Waals surface area contributed by atoms with Crippen molar-refractivity contribution in [2.45, 2.75) is 49.1 Å². The Morgan fingerprint density at radius 3 is 1.48 bits per heavy atom. The summed E-state index contributed by atoms with van der Waals surface area (Å²) >= 11 is 6.29. The van der Waals surface area contributed by atoms with Crippen molar-refractivity contribution in [2.75, 3.05) is 24.7 Å². The van der Waals surface area contributed by atoms with Crippen molar-refractivity contribution in [2.24, 2.45) is 0 Å². The Balaban J connectivity index is 1.20. The number of H-pyrrole nitrogens is 2. The number of rotatable bonds is 2. The fourth-order valence-corrected chi connectivity index (χ4v) is 8.52. The molecule has 28 heteroatoms. The van der Waals surface area contributed by atoms with E-state index in [1.54, 1.807) is 0 Å². The molecule has 0 bridgehead atoms. The lowest BCUT2D eigenvalue weighted by Gasteiger charge is -2.27. The van der Waals surface area contributed by atoms with Crippen LogP contribution < -0.4 is 22.6 Å². The van der Waals surface area contributed by atoms with Crippen molar-refractivity contribution < 1.29 is 56.7 Å². The van der Waals surface area contributed by atoms with E-state index in [0.29, 0.717) is 0 Å². The molecule has 260 valence electrons. The quantitative estimate of drug-likeness (QED) is 0.0838. The second-order valence-electron chi connectivity index (χ2n) is 10.5. The van der Waals surface area contributed by atoms with Crippen molar-refractivity contribution in [3.05, 3.63) is 30.2 Å². The number of halogens is 2. The zero-order chi connectivity index (χ0) is 34.4. The lowest BCUT2D eigenvalue weighted by molar-refractivity contribution is -0.0669. The van der Waals surface area contributed by atoms with E-state index in [2.05, 4.69) is 61.8 Å². The monoisotopic (exact) mass is 846 g/mol. The molecule has 24 nitrogen and oxygen atoms in total. The van der Waals surface area contributed by atoms with Crippen LogP contribution in [0.25, 0.3) is 22.3 Å². The molecular weight excluding hydrogens is 826 g/mol. The van der Waals surface area contributed by atoms with Crippen molar-refractivity contribution in [1.82, 2.24) is 39.0 Å². The van der Waals surface area contributed by atoms with Crippen LogP contribution in [0.4, 0.5) is 11.9 Å². The first-order valence-electron chi connectivity index (χ1n) is 13.4. The molecule has 4 aromatic rings. The summed E-state index contributed by atoms with van der Waals surface area (Å²) < 4.78 is 60.9. The average molecular weight is 848 g/mol. The van der Waals surface area contributed by atoms with Crippen LogP contribution in [-0.2, 0) is 36.7 Å². The molecule has 0 amide bonds. The van der Waals surface area contributed by atoms with Gasteiger partial charge in [0.15, 0.2) is 44.3 Å². The van der Waals surface area contributed by atoms with Gasteiger partial charge in [0.1, 0.15) is 36.6 Å². The molecule has 0 aromatic carbocycles. The van der Waals surface area contributed by atoms with Crippen LogP contribution in [0.3, 0.4) is 0 Å². The minimum absolute atomic E-state index is 0.0729. The van der Waals surface area contributed by atoms with Gasteiger partial charge in [-0.05, 0) is 31.9 Å². The molecule has 3 fully saturated rings. The van der Waals surface area contributed by atoms with Crippen molar-refractivity contribution >= 4 is 81.7 Å². The van der Waals surface area contributed by atoms with Gasteiger partial charge in [-0.15, -0.1) is 0 Å². The third-order valence-electron chi connectivity index (χ3n) is 7.49. The number of anilines is 2. The summed E-state index contributed by atoms with van der Waals surface area (Å²) in [6.45, 7) is -1.79. The van der Waals surface area contributed by atoms with Gasteiger partial charge in [-0.1, -0.05) is 0 Å². The van der Waals surface area contributed by atoms with Gasteiger partial charge in [-0.3, -0.25) is 46.8 Å². The SMILES string of the molecule is Nc1nc2c(nc(Br)n2[C@@H]2O[C@@H]3COP(=O)(O)OC4[C@@H](COP(=O)(O)OC3[C@@H]2O)O[C@@H](n2c(Br)nc3c(=O)[nH]c(N)nc32)[C@H]4O)c(=O)[nH]1. The van der Waals surface area contributed by atoms with Crippen molar-refractivity contribution in [1.29, 1.82) is 0 Å². The zero-order valence-electron chi connectivity index (χ0n) is 23.4. The molecule has 0 radical (unpaired) electrons. The fourth-order valence-electron chi connectivity index (χ4n) is 5.50. The highest BCUT2D eigenvalue weighted by Crippen LogP contribution is 2.54. The number of nitrogens with one attached hydrogen (secondary N) is 2. The highest BCUT2D eigenvalue weighted by molar-refractivity contribution is 9.10. The lowest BCUT2D eigenvalue weighted by Crippen LogP contribution is -2.39. The van der Waals surface area contributed by atoms with Gasteiger partial charge in [0.2, 0.25) is 11.9 Å². The molecule has 0 spiro atoms. The zero-order valence-corrected chi connectivity index (χ0v) is 28.4. The van der Waals surface area contributed by atoms with Crippen LogP contribution in [0.1, 0.15) is 12.5 Å². The highest BCUT2D eigenvalue weighted by Gasteiger charge is 2.54. The van der Waals surface area contributed by atoms with Crippen molar-refractivity contribution in [3.8, 4) is 0 Å². The van der Waals surface area contributed by atoms with Crippen LogP contribution in [0.15, 0.2) is 19.1 Å². The molecule has 7 heterocycles. The maximum atomic E-state index is 13.2. The topological polar surface area (TPSA) is 350 Å². The molecule has 0 aliphatic carbocycles. The van der Waals surface area contributed by atoms with E-state index in [-0.39, 0.29) is 43.7 Å². The number of imidazole rings is 2. The van der Waals surface area contributed by atoms with Crippen LogP contribution in [-0.4, -0.2) is 109 Å². The molecule has 10 N–H and O–H groups in total. The Labute approximate surface area is 280 Å². The minimum Gasteiger partial charge on any atom is -0.386 e. The Bertz CT molecular complexity index is 2010. The summed E-state index contributed by atoms with van der Waals surface area (Å²) in [6, 6.07) is 0. The van der Waals surface area contributed by atoms with E-state index >= 15 is 0 Å². The van der Waals surface area contributed by atoms with Gasteiger partial charge in [0.25, 0.3) is 11.1 Å². The van der Waals surface area contributed by atoms with E-state index < -0.39 is 89.1 Å². The fraction of sp³-hybridized carbons (Fsp3) is 0.500. The number of fused-ring (bicyclic) bond motifs is 4. The normalized spacial score (nSPS) is 36.1. The van der Waals surface area contributed by atoms with Gasteiger partial charge in [0, 0.05) is 0 Å². The maximum Gasteiger partial charge on any atom is 0.472 e. The molecule has 10 atom stereocenters. The van der Waals surface area contributed by atoms with E-state index in [0.717, 1.165) is 9.13 Å². The van der Waals surface area contributed by atoms with E-state index in [1.807, 2.05) is 0 Å². The number of phosphoric acid groups is 2. The molecule has 4 unspecified atom stereocenters. The van der Waals surface area contributed by atoms with Crippen LogP contribution in [0.5, 0.6) is 0 Å². The standard InChI is InChI=1S/C20H22Br2N10O14P2/c21-17-25-5-11(27-19(23)29-13(5)35)31(17)15-7(33)9-3(43-15)1-41-47(37,38)46-10-4(2-42-48(39,40)45-9)44-16(8(10)34)32-12-6(26-18(32)22)14(36)30-20(24)28-12/h3-4,7-10,15-16,33-34H,1-2H2,(H,37,38)(H,39,40)(H3,23,27,29,35)(H3,24,28,30,36)/t3-,4-,7+,8+,9?,10?,15-,16-/m1/s1. The number of phosphoric ester groups is 2. The first-order valence-corrected chi connectivity index (χ1v) is 18.0. The lowest BCUT2D eigenvalue weighted by atomic mass is 10.1. The number of nitrogen functional groups attached to an aromatic ring is 2. The second kappa shape index (κ2) is 12.0. The number of hydrogen-bond donors (Lipinski definition) is 8. The summed E-state index contributed by atoms with van der Waals surface area (Å²) in [5.41, 5.74) is 9.17. The van der Waals surface area contributed by atoms with Crippen LogP contribution in [0.2, 0.25) is 0 Å². The summed E-state index contributed by atoms with van der Waals surface area (Å²) in [5.74, 6) is -0.600. The maximum absolute atomic E-state index is 13.2. The molecule has 48 heavy (non-hydrogen) atoms. The number of nitrogens with two attached hydrogens (primary N) is 2. The highest BCUT2D eigenvalue weighted by atomic mass is 79.9. The summed E-state index contributed by atoms with van der Waals surface area (Å²) in [7, 11) is -10.3. The van der Waals surface area contributed by atoms with Gasteiger partial charge in [0.05, 0.1) is 13.2 Å². The van der Waals surface area contributed by atoms with E-state index in [1.165, 1.54) is 0 Å². The molecular formula is C20H22Br2N10O14P2. The number of aromatic amines is 2. The minimum atomic E-state index is -5.14. The predicted octanol–water partition coefficient (Wildman–Crippen LogP) is -1.52. The first-order chi connectivity index (χ1) is 22.5. The van der Waals surface area contributed by atoms with E-state index in [4.69, 9.17) is 39.0 Å². The summed E-state index contributed by atoms with van der Waals surface area (Å²) in [6.07, 6.45) is -13.4. The third kappa shape index (κ3) is 5.83. The molecule has 3 aliphatic heterocycles. The van der Waals surface area contributed by atoms with Gasteiger partial charge < -0.3 is 40.9 Å². The van der Waals surface area contributed by atoms with Gasteiger partial charge in [-0.25, -0.2) is 19.1 Å². The van der Waals surface area contributed by atoms with E-state index in [9.17, 15) is 38.7 Å².